The third-order valence-electron chi connectivity index (χ3n) is 3.00. The summed E-state index contributed by atoms with van der Waals surface area (Å²) in [6.45, 7) is 6.26. The zero-order valence-corrected chi connectivity index (χ0v) is 12.6. The first-order valence-corrected chi connectivity index (χ1v) is 6.53. The highest BCUT2D eigenvalue weighted by atomic mass is 16.7. The molecule has 1 aromatic rings. The van der Waals surface area contributed by atoms with Crippen LogP contribution >= 0.6 is 0 Å². The summed E-state index contributed by atoms with van der Waals surface area (Å²) in [5, 5.41) is 16.1. The normalized spacial score (nSPS) is 12.3. The Morgan fingerprint density at radius 3 is 2.79 bits per heavy atom. The number of nitrogens with one attached hydrogen (secondary N) is 2. The molecule has 0 fully saturated rings. The maximum Gasteiger partial charge on any atom is 0.118 e. The molecule has 0 aliphatic heterocycles. The molecule has 0 saturated carbocycles. The molecule has 1 rings (SSSR count). The van der Waals surface area contributed by atoms with E-state index < -0.39 is 0 Å². The summed E-state index contributed by atoms with van der Waals surface area (Å²) in [4.78, 5) is 5.64. The van der Waals surface area contributed by atoms with E-state index in [0.717, 1.165) is 18.7 Å². The molecule has 0 aliphatic rings. The van der Waals surface area contributed by atoms with Gasteiger partial charge in [0.05, 0.1) is 18.5 Å². The molecule has 1 heterocycles. The van der Waals surface area contributed by atoms with Crippen LogP contribution in [-0.2, 0) is 18.1 Å². The quantitative estimate of drug-likeness (QED) is 0.625. The molecule has 0 unspecified atom stereocenters. The molecule has 7 heteroatoms. The van der Waals surface area contributed by atoms with Crippen LogP contribution in [-0.4, -0.2) is 53.3 Å². The van der Waals surface area contributed by atoms with Gasteiger partial charge in [0.1, 0.15) is 6.67 Å². The number of hydrogen-bond acceptors (Lipinski definition) is 6. The summed E-state index contributed by atoms with van der Waals surface area (Å²) < 4.78 is 1.76. The first-order valence-electron chi connectivity index (χ1n) is 6.53. The Morgan fingerprint density at radius 1 is 1.42 bits per heavy atom. The van der Waals surface area contributed by atoms with Gasteiger partial charge in [-0.05, 0) is 34.4 Å². The highest BCUT2D eigenvalue weighted by Gasteiger charge is 2.14. The molecule has 0 amide bonds. The van der Waals surface area contributed by atoms with Crippen LogP contribution < -0.4 is 10.6 Å². The first kappa shape index (κ1) is 16.0. The topological polar surface area (TPSA) is 67.2 Å². The summed E-state index contributed by atoms with van der Waals surface area (Å²) in [7, 11) is 5.74. The Labute approximate surface area is 115 Å². The van der Waals surface area contributed by atoms with Crippen LogP contribution in [0.4, 0.5) is 0 Å². The molecule has 0 spiro atoms. The summed E-state index contributed by atoms with van der Waals surface area (Å²) in [6, 6.07) is 0. The number of hydroxylamine groups is 2. The number of hydrogen-bond donors (Lipinski definition) is 2. The fourth-order valence-corrected chi connectivity index (χ4v) is 1.50. The van der Waals surface area contributed by atoms with Crippen LogP contribution in [0.2, 0.25) is 0 Å². The van der Waals surface area contributed by atoms with E-state index in [0.29, 0.717) is 13.3 Å². The van der Waals surface area contributed by atoms with Crippen molar-refractivity contribution in [2.45, 2.75) is 39.0 Å². The Balaban J connectivity index is 2.28. The molecule has 1 aromatic heterocycles. The molecule has 19 heavy (non-hydrogen) atoms. The summed E-state index contributed by atoms with van der Waals surface area (Å²) in [5.74, 6) is 0. The van der Waals surface area contributed by atoms with E-state index in [9.17, 15) is 0 Å². The van der Waals surface area contributed by atoms with Crippen molar-refractivity contribution in [2.75, 3.05) is 27.7 Å². The predicted octanol–water partition coefficient (Wildman–Crippen LogP) is 0.207. The van der Waals surface area contributed by atoms with Crippen molar-refractivity contribution in [3.8, 4) is 0 Å². The third kappa shape index (κ3) is 6.11. The smallest absolute Gasteiger partial charge is 0.118 e. The monoisotopic (exact) mass is 270 g/mol. The van der Waals surface area contributed by atoms with Crippen LogP contribution in [0.25, 0.3) is 0 Å². The lowest BCUT2D eigenvalue weighted by Gasteiger charge is -2.25. The van der Waals surface area contributed by atoms with Crippen molar-refractivity contribution in [2.24, 2.45) is 0 Å². The average molecular weight is 270 g/mol. The number of rotatable bonds is 9. The van der Waals surface area contributed by atoms with Crippen LogP contribution in [0.5, 0.6) is 0 Å². The lowest BCUT2D eigenvalue weighted by Crippen LogP contribution is -2.38. The van der Waals surface area contributed by atoms with E-state index in [1.54, 1.807) is 9.75 Å². The Kier molecular flexibility index (Phi) is 6.36. The standard InChI is InChI=1S/C12H26N6O/c1-12(2,14-4)6-7-19-17(5)10-18-9-11(8-13-3)15-16-18/h9,13-14H,6-8,10H2,1-5H3. The van der Waals surface area contributed by atoms with Crippen LogP contribution in [0.1, 0.15) is 26.0 Å². The van der Waals surface area contributed by atoms with Crippen molar-refractivity contribution in [1.29, 1.82) is 0 Å². The minimum absolute atomic E-state index is 0.0913. The second-order valence-corrected chi connectivity index (χ2v) is 5.27. The van der Waals surface area contributed by atoms with Gasteiger partial charge in [0.2, 0.25) is 0 Å². The molecule has 0 saturated heterocycles. The molecule has 7 nitrogen and oxygen atoms in total. The lowest BCUT2D eigenvalue weighted by atomic mass is 10.0. The van der Waals surface area contributed by atoms with Crippen LogP contribution in [0.3, 0.4) is 0 Å². The van der Waals surface area contributed by atoms with Crippen LogP contribution in [0, 0.1) is 0 Å². The minimum Gasteiger partial charge on any atom is -0.315 e. The van der Waals surface area contributed by atoms with Crippen molar-refractivity contribution in [3.63, 3.8) is 0 Å². The summed E-state index contributed by atoms with van der Waals surface area (Å²) in [5.41, 5.74) is 1.01. The SMILES string of the molecule is CNCc1cn(CN(C)OCCC(C)(C)NC)nn1. The highest BCUT2D eigenvalue weighted by molar-refractivity contribution is 4.90. The molecule has 110 valence electrons. The first-order chi connectivity index (χ1) is 8.96. The molecule has 0 aromatic carbocycles. The average Bonchev–Trinajstić information content (AvgIpc) is 2.77. The second-order valence-electron chi connectivity index (χ2n) is 5.27. The van der Waals surface area contributed by atoms with E-state index in [1.807, 2.05) is 27.3 Å². The predicted molar refractivity (Wildman–Crippen MR) is 74.3 cm³/mol. The minimum atomic E-state index is 0.0913. The zero-order valence-electron chi connectivity index (χ0n) is 12.6. The van der Waals surface area contributed by atoms with Crippen molar-refractivity contribution in [1.82, 2.24) is 30.7 Å². The van der Waals surface area contributed by atoms with Gasteiger partial charge in [-0.2, -0.15) is 5.06 Å². The van der Waals surface area contributed by atoms with E-state index in [2.05, 4.69) is 34.8 Å². The lowest BCUT2D eigenvalue weighted by molar-refractivity contribution is -0.165. The molecule has 0 bridgehead atoms. The maximum atomic E-state index is 5.64. The summed E-state index contributed by atoms with van der Waals surface area (Å²) >= 11 is 0. The van der Waals surface area contributed by atoms with E-state index in [-0.39, 0.29) is 5.54 Å². The van der Waals surface area contributed by atoms with E-state index in [1.165, 1.54) is 0 Å². The van der Waals surface area contributed by atoms with Gasteiger partial charge >= 0.3 is 0 Å². The molecular formula is C12H26N6O. The zero-order chi connectivity index (χ0) is 14.3. The fourth-order valence-electron chi connectivity index (χ4n) is 1.50. The molecule has 0 atom stereocenters. The van der Waals surface area contributed by atoms with Gasteiger partial charge in [-0.3, -0.25) is 4.84 Å². The third-order valence-corrected chi connectivity index (χ3v) is 3.00. The number of nitrogens with zero attached hydrogens (tertiary/aromatic N) is 4. The Morgan fingerprint density at radius 2 is 2.16 bits per heavy atom. The Hall–Kier alpha value is -1.02. The van der Waals surface area contributed by atoms with Crippen molar-refractivity contribution in [3.05, 3.63) is 11.9 Å². The van der Waals surface area contributed by atoms with Gasteiger partial charge in [0.25, 0.3) is 0 Å². The van der Waals surface area contributed by atoms with Crippen molar-refractivity contribution < 1.29 is 4.84 Å². The van der Waals surface area contributed by atoms with Gasteiger partial charge in [0, 0.05) is 19.1 Å². The molecule has 0 radical (unpaired) electrons. The van der Waals surface area contributed by atoms with Crippen molar-refractivity contribution >= 4 is 0 Å². The van der Waals surface area contributed by atoms with Gasteiger partial charge < -0.3 is 10.6 Å². The molecule has 0 aliphatic carbocycles. The summed E-state index contributed by atoms with van der Waals surface area (Å²) in [6.07, 6.45) is 2.85. The van der Waals surface area contributed by atoms with Gasteiger partial charge in [-0.25, -0.2) is 4.68 Å². The largest absolute Gasteiger partial charge is 0.315 e. The highest BCUT2D eigenvalue weighted by Crippen LogP contribution is 2.07. The van der Waals surface area contributed by atoms with Crippen LogP contribution in [0.15, 0.2) is 6.20 Å². The van der Waals surface area contributed by atoms with E-state index in [4.69, 9.17) is 4.84 Å². The second kappa shape index (κ2) is 7.54. The molecular weight excluding hydrogens is 244 g/mol. The van der Waals surface area contributed by atoms with Gasteiger partial charge in [-0.15, -0.1) is 5.10 Å². The van der Waals surface area contributed by atoms with Gasteiger partial charge in [0.15, 0.2) is 0 Å². The van der Waals surface area contributed by atoms with E-state index >= 15 is 0 Å². The fraction of sp³-hybridized carbons (Fsp3) is 0.833. The number of aromatic nitrogens is 3. The molecule has 2 N–H and O–H groups in total. The van der Waals surface area contributed by atoms with Gasteiger partial charge in [-0.1, -0.05) is 5.21 Å². The Bertz CT molecular complexity index is 365. The maximum absolute atomic E-state index is 5.64.